The summed E-state index contributed by atoms with van der Waals surface area (Å²) in [5.41, 5.74) is 0. The van der Waals surface area contributed by atoms with Crippen molar-refractivity contribution >= 4 is 23.8 Å². The van der Waals surface area contributed by atoms with Gasteiger partial charge in [0, 0.05) is 13.6 Å². The zero-order valence-electron chi connectivity index (χ0n) is 16.1. The fraction of sp³-hybridized carbons (Fsp3) is 0.474. The molecule has 1 saturated heterocycles. The van der Waals surface area contributed by atoms with Crippen molar-refractivity contribution in [2.24, 2.45) is 5.92 Å². The maximum Gasteiger partial charge on any atom is 0.334 e. The summed E-state index contributed by atoms with van der Waals surface area (Å²) in [5.74, 6) is -1.08. The number of likely N-dealkylation sites (N-methyl/N-ethyl adjacent to an activating group) is 1. The highest BCUT2D eigenvalue weighted by atomic mass is 16.6. The van der Waals surface area contributed by atoms with Crippen LogP contribution in [0.25, 0.3) is 0 Å². The van der Waals surface area contributed by atoms with E-state index in [1.807, 2.05) is 26.0 Å². The second kappa shape index (κ2) is 7.87. The van der Waals surface area contributed by atoms with Gasteiger partial charge in [-0.3, -0.25) is 19.3 Å². The molecule has 0 N–H and O–H groups in total. The van der Waals surface area contributed by atoms with Crippen LogP contribution in [0.1, 0.15) is 13.8 Å². The number of rotatable bonds is 6. The van der Waals surface area contributed by atoms with Gasteiger partial charge in [-0.1, -0.05) is 26.0 Å². The van der Waals surface area contributed by atoms with E-state index in [0.717, 1.165) is 4.90 Å². The van der Waals surface area contributed by atoms with Gasteiger partial charge >= 0.3 is 17.8 Å². The number of carbonyl (C=O) groups excluding carboxylic acids is 4. The molecule has 0 aliphatic carbocycles. The number of benzene rings is 1. The summed E-state index contributed by atoms with van der Waals surface area (Å²) in [5, 5.41) is 0. The van der Waals surface area contributed by atoms with Crippen molar-refractivity contribution in [3.05, 3.63) is 24.3 Å². The van der Waals surface area contributed by atoms with E-state index in [2.05, 4.69) is 0 Å². The lowest BCUT2D eigenvalue weighted by Gasteiger charge is -2.30. The molecule has 0 radical (unpaired) electrons. The molecule has 1 aromatic carbocycles. The number of amides is 5. The first-order valence-electron chi connectivity index (χ1n) is 9.07. The molecule has 1 aromatic rings. The summed E-state index contributed by atoms with van der Waals surface area (Å²) in [6.45, 7) is 3.80. The maximum absolute atomic E-state index is 12.5. The Labute approximate surface area is 162 Å². The molecule has 0 spiro atoms. The molecular weight excluding hydrogens is 366 g/mol. The summed E-state index contributed by atoms with van der Waals surface area (Å²) < 4.78 is 11.4. The first kappa shape index (κ1) is 19.7. The molecule has 0 saturated carbocycles. The second-order valence-corrected chi connectivity index (χ2v) is 7.26. The third kappa shape index (κ3) is 3.92. The smallest absolute Gasteiger partial charge is 0.334 e. The zero-order valence-corrected chi connectivity index (χ0v) is 16.1. The van der Waals surface area contributed by atoms with Gasteiger partial charge in [0.15, 0.2) is 17.6 Å². The zero-order chi connectivity index (χ0) is 20.4. The Morgan fingerprint density at radius 2 is 1.79 bits per heavy atom. The molecule has 2 aliphatic rings. The van der Waals surface area contributed by atoms with E-state index in [0.29, 0.717) is 16.4 Å². The van der Waals surface area contributed by atoms with Gasteiger partial charge in [0.2, 0.25) is 5.91 Å². The van der Waals surface area contributed by atoms with Crippen LogP contribution in [0, 0.1) is 5.92 Å². The fourth-order valence-corrected chi connectivity index (χ4v) is 3.03. The molecule has 0 unspecified atom stereocenters. The van der Waals surface area contributed by atoms with Crippen molar-refractivity contribution in [1.82, 2.24) is 14.7 Å². The Kier molecular flexibility index (Phi) is 5.53. The van der Waals surface area contributed by atoms with Gasteiger partial charge in [0.25, 0.3) is 0 Å². The van der Waals surface area contributed by atoms with Crippen LogP contribution in [0.15, 0.2) is 24.3 Å². The third-order valence-electron chi connectivity index (χ3n) is 4.45. The van der Waals surface area contributed by atoms with Crippen molar-refractivity contribution in [3.63, 3.8) is 0 Å². The number of hydrogen-bond donors (Lipinski definition) is 0. The van der Waals surface area contributed by atoms with Gasteiger partial charge < -0.3 is 14.4 Å². The van der Waals surface area contributed by atoms with Gasteiger partial charge in [0.05, 0.1) is 6.54 Å². The SMILES string of the molecule is CC(C)CN1C(=O)C(=O)N(CC(=O)N(C)C[C@H]2COc3ccccc3O2)C1=O. The quantitative estimate of drug-likeness (QED) is 0.526. The van der Waals surface area contributed by atoms with E-state index in [4.69, 9.17) is 9.47 Å². The Bertz CT molecular complexity index is 809. The highest BCUT2D eigenvalue weighted by molar-refractivity contribution is 6.45. The molecule has 0 aromatic heterocycles. The van der Waals surface area contributed by atoms with Crippen LogP contribution < -0.4 is 9.47 Å². The molecule has 9 nitrogen and oxygen atoms in total. The molecule has 150 valence electrons. The maximum atomic E-state index is 12.5. The van der Waals surface area contributed by atoms with E-state index in [-0.39, 0.29) is 31.7 Å². The minimum absolute atomic E-state index is 0.0188. The van der Waals surface area contributed by atoms with E-state index < -0.39 is 30.3 Å². The molecule has 0 bridgehead atoms. The van der Waals surface area contributed by atoms with Crippen molar-refractivity contribution < 1.29 is 28.7 Å². The highest BCUT2D eigenvalue weighted by Crippen LogP contribution is 2.31. The molecular formula is C19H23N3O6. The number of imide groups is 2. The van der Waals surface area contributed by atoms with E-state index in [9.17, 15) is 19.2 Å². The van der Waals surface area contributed by atoms with Gasteiger partial charge in [-0.2, -0.15) is 0 Å². The van der Waals surface area contributed by atoms with E-state index in [1.165, 1.54) is 4.90 Å². The lowest BCUT2D eigenvalue weighted by molar-refractivity contribution is -0.145. The molecule has 1 fully saturated rings. The van der Waals surface area contributed by atoms with Crippen LogP contribution in [0.3, 0.4) is 0 Å². The van der Waals surface area contributed by atoms with Crippen LogP contribution >= 0.6 is 0 Å². The average Bonchev–Trinajstić information content (AvgIpc) is 2.85. The Hall–Kier alpha value is -3.10. The molecule has 28 heavy (non-hydrogen) atoms. The van der Waals surface area contributed by atoms with Crippen LogP contribution in [-0.2, 0) is 14.4 Å². The minimum Gasteiger partial charge on any atom is -0.486 e. The Balaban J connectivity index is 1.58. The van der Waals surface area contributed by atoms with Crippen LogP contribution in [0.4, 0.5) is 4.79 Å². The number of nitrogens with zero attached hydrogens (tertiary/aromatic N) is 3. The summed E-state index contributed by atoms with van der Waals surface area (Å²) in [6, 6.07) is 6.48. The number of fused-ring (bicyclic) bond motifs is 1. The number of para-hydroxylation sites is 2. The third-order valence-corrected chi connectivity index (χ3v) is 4.45. The number of carbonyl (C=O) groups is 4. The number of urea groups is 1. The summed E-state index contributed by atoms with van der Waals surface area (Å²) >= 11 is 0. The topological polar surface area (TPSA) is 96.5 Å². The Morgan fingerprint density at radius 1 is 1.14 bits per heavy atom. The van der Waals surface area contributed by atoms with E-state index in [1.54, 1.807) is 19.2 Å². The average molecular weight is 389 g/mol. The summed E-state index contributed by atoms with van der Waals surface area (Å²) in [6.07, 6.45) is -0.382. The van der Waals surface area contributed by atoms with Crippen molar-refractivity contribution in [2.45, 2.75) is 20.0 Å². The van der Waals surface area contributed by atoms with Gasteiger partial charge in [-0.15, -0.1) is 0 Å². The van der Waals surface area contributed by atoms with Gasteiger partial charge in [-0.25, -0.2) is 9.69 Å². The lowest BCUT2D eigenvalue weighted by Crippen LogP contribution is -2.46. The standard InChI is InChI=1S/C19H23N3O6/c1-12(2)8-21-17(24)18(25)22(19(21)26)10-16(23)20(3)9-13-11-27-14-6-4-5-7-15(14)28-13/h4-7,12-13H,8-11H2,1-3H3/t13-/m0/s1. The minimum atomic E-state index is -0.974. The van der Waals surface area contributed by atoms with Crippen molar-refractivity contribution in [3.8, 4) is 11.5 Å². The first-order chi connectivity index (χ1) is 13.3. The molecule has 2 heterocycles. The molecule has 3 rings (SSSR count). The highest BCUT2D eigenvalue weighted by Gasteiger charge is 2.45. The monoisotopic (exact) mass is 389 g/mol. The van der Waals surface area contributed by atoms with Crippen molar-refractivity contribution in [2.75, 3.05) is 33.3 Å². The van der Waals surface area contributed by atoms with Crippen LogP contribution in [-0.4, -0.2) is 77.8 Å². The largest absolute Gasteiger partial charge is 0.486 e. The molecule has 9 heteroatoms. The predicted octanol–water partition coefficient (Wildman–Crippen LogP) is 0.732. The summed E-state index contributed by atoms with van der Waals surface area (Å²) in [4.78, 5) is 51.9. The molecule has 1 atom stereocenters. The van der Waals surface area contributed by atoms with Crippen molar-refractivity contribution in [1.29, 1.82) is 0 Å². The van der Waals surface area contributed by atoms with Gasteiger partial charge in [-0.05, 0) is 18.1 Å². The van der Waals surface area contributed by atoms with Crippen LogP contribution in [0.5, 0.6) is 11.5 Å². The first-order valence-corrected chi connectivity index (χ1v) is 9.07. The normalized spacial score (nSPS) is 18.9. The summed E-state index contributed by atoms with van der Waals surface area (Å²) in [7, 11) is 1.55. The fourth-order valence-electron chi connectivity index (χ4n) is 3.03. The van der Waals surface area contributed by atoms with Crippen LogP contribution in [0.2, 0.25) is 0 Å². The van der Waals surface area contributed by atoms with E-state index >= 15 is 0 Å². The molecule has 2 aliphatic heterocycles. The number of ether oxygens (including phenoxy) is 2. The lowest BCUT2D eigenvalue weighted by atomic mass is 10.2. The second-order valence-electron chi connectivity index (χ2n) is 7.26. The molecule has 5 amide bonds. The number of hydrogen-bond acceptors (Lipinski definition) is 6. The predicted molar refractivity (Wildman–Crippen MR) is 97.7 cm³/mol. The van der Waals surface area contributed by atoms with Gasteiger partial charge in [0.1, 0.15) is 13.2 Å². The Morgan fingerprint density at radius 3 is 2.46 bits per heavy atom.